The molecule has 3 rings (SSSR count). The van der Waals surface area contributed by atoms with Gasteiger partial charge in [-0.15, -0.1) is 11.3 Å². The molecule has 0 fully saturated rings. The first kappa shape index (κ1) is 15.1. The molecule has 3 aromatic rings. The Morgan fingerprint density at radius 1 is 1.00 bits per heavy atom. The third kappa shape index (κ3) is 3.49. The average molecular weight is 311 g/mol. The number of hydrogen-bond donors (Lipinski definition) is 0. The Morgan fingerprint density at radius 2 is 1.82 bits per heavy atom. The molecule has 0 aliphatic carbocycles. The van der Waals surface area contributed by atoms with Crippen LogP contribution in [0, 0.1) is 0 Å². The van der Waals surface area contributed by atoms with Crippen LogP contribution in [0.1, 0.15) is 17.4 Å². The van der Waals surface area contributed by atoms with Crippen molar-refractivity contribution < 1.29 is 4.74 Å². The highest BCUT2D eigenvalue weighted by Crippen LogP contribution is 2.32. The molecule has 0 radical (unpaired) electrons. The standard InChI is InChI=1S/C19H21NOS/c1-20(2)13-12-18(19-11-6-14-22-19)21-17-10-5-8-15-7-3-4-9-16(15)17/h3-11,14,18H,12-13H2,1-2H3/t18-/m1/s1. The topological polar surface area (TPSA) is 12.5 Å². The molecule has 0 aliphatic rings. The summed E-state index contributed by atoms with van der Waals surface area (Å²) in [6, 6.07) is 18.9. The monoisotopic (exact) mass is 311 g/mol. The van der Waals surface area contributed by atoms with Crippen molar-refractivity contribution in [1.82, 2.24) is 4.90 Å². The summed E-state index contributed by atoms with van der Waals surface area (Å²) in [6.07, 6.45) is 1.09. The van der Waals surface area contributed by atoms with Crippen LogP contribution in [0.25, 0.3) is 10.8 Å². The Morgan fingerprint density at radius 3 is 2.59 bits per heavy atom. The zero-order valence-corrected chi connectivity index (χ0v) is 13.8. The van der Waals surface area contributed by atoms with Gasteiger partial charge in [-0.1, -0.05) is 42.5 Å². The van der Waals surface area contributed by atoms with Gasteiger partial charge in [-0.25, -0.2) is 0 Å². The molecule has 0 saturated carbocycles. The van der Waals surface area contributed by atoms with Gasteiger partial charge < -0.3 is 9.64 Å². The second-order valence-electron chi connectivity index (χ2n) is 5.69. The van der Waals surface area contributed by atoms with Gasteiger partial charge in [-0.2, -0.15) is 0 Å². The minimum Gasteiger partial charge on any atom is -0.484 e. The predicted octanol–water partition coefficient (Wildman–Crippen LogP) is 4.97. The van der Waals surface area contributed by atoms with E-state index in [-0.39, 0.29) is 6.10 Å². The number of benzene rings is 2. The van der Waals surface area contributed by atoms with Crippen molar-refractivity contribution in [1.29, 1.82) is 0 Å². The largest absolute Gasteiger partial charge is 0.484 e. The van der Waals surface area contributed by atoms with Crippen LogP contribution in [0.4, 0.5) is 0 Å². The Labute approximate surface area is 136 Å². The molecule has 114 valence electrons. The highest BCUT2D eigenvalue weighted by Gasteiger charge is 2.16. The minimum atomic E-state index is 0.105. The van der Waals surface area contributed by atoms with E-state index < -0.39 is 0 Å². The van der Waals surface area contributed by atoms with Gasteiger partial charge in [-0.3, -0.25) is 0 Å². The second-order valence-corrected chi connectivity index (χ2v) is 6.67. The van der Waals surface area contributed by atoms with E-state index in [1.807, 2.05) is 0 Å². The van der Waals surface area contributed by atoms with Crippen molar-refractivity contribution in [3.63, 3.8) is 0 Å². The average Bonchev–Trinajstić information content (AvgIpc) is 3.05. The summed E-state index contributed by atoms with van der Waals surface area (Å²) >= 11 is 1.76. The van der Waals surface area contributed by atoms with Crippen LogP contribution in [0.15, 0.2) is 60.0 Å². The van der Waals surface area contributed by atoms with Gasteiger partial charge in [0, 0.05) is 23.2 Å². The molecule has 1 aromatic heterocycles. The zero-order chi connectivity index (χ0) is 15.4. The van der Waals surface area contributed by atoms with E-state index in [4.69, 9.17) is 4.74 Å². The molecule has 1 atom stereocenters. The summed E-state index contributed by atoms with van der Waals surface area (Å²) < 4.78 is 6.41. The molecule has 22 heavy (non-hydrogen) atoms. The van der Waals surface area contributed by atoms with Crippen LogP contribution in [0.2, 0.25) is 0 Å². The minimum absolute atomic E-state index is 0.105. The molecule has 0 bridgehead atoms. The van der Waals surface area contributed by atoms with Gasteiger partial charge in [0.05, 0.1) is 0 Å². The fourth-order valence-corrected chi connectivity index (χ4v) is 3.35. The summed E-state index contributed by atoms with van der Waals surface area (Å²) in [4.78, 5) is 3.49. The molecule has 0 N–H and O–H groups in total. The first-order valence-electron chi connectivity index (χ1n) is 7.56. The summed E-state index contributed by atoms with van der Waals surface area (Å²) in [6.45, 7) is 1.01. The lowest BCUT2D eigenvalue weighted by Gasteiger charge is -2.21. The molecule has 3 heteroatoms. The zero-order valence-electron chi connectivity index (χ0n) is 13.0. The fourth-order valence-electron chi connectivity index (χ4n) is 2.56. The highest BCUT2D eigenvalue weighted by atomic mass is 32.1. The Balaban J connectivity index is 1.88. The van der Waals surface area contributed by atoms with Gasteiger partial charge in [0.2, 0.25) is 0 Å². The summed E-state index contributed by atoms with van der Waals surface area (Å²) in [5.74, 6) is 0.968. The van der Waals surface area contributed by atoms with Gasteiger partial charge in [-0.05, 0) is 37.0 Å². The van der Waals surface area contributed by atoms with Crippen LogP contribution in [0.5, 0.6) is 5.75 Å². The van der Waals surface area contributed by atoms with Gasteiger partial charge >= 0.3 is 0 Å². The third-order valence-electron chi connectivity index (χ3n) is 3.72. The van der Waals surface area contributed by atoms with E-state index in [2.05, 4.69) is 79.0 Å². The summed E-state index contributed by atoms with van der Waals surface area (Å²) in [7, 11) is 4.20. The van der Waals surface area contributed by atoms with Crippen LogP contribution in [0.3, 0.4) is 0 Å². The van der Waals surface area contributed by atoms with Gasteiger partial charge in [0.15, 0.2) is 0 Å². The van der Waals surface area contributed by atoms with Crippen LogP contribution in [-0.2, 0) is 0 Å². The number of thiophene rings is 1. The Hall–Kier alpha value is -1.84. The number of rotatable bonds is 6. The van der Waals surface area contributed by atoms with Gasteiger partial charge in [0.25, 0.3) is 0 Å². The van der Waals surface area contributed by atoms with Crippen LogP contribution < -0.4 is 4.74 Å². The van der Waals surface area contributed by atoms with Crippen molar-refractivity contribution in [2.24, 2.45) is 0 Å². The molecule has 0 saturated heterocycles. The molecule has 0 unspecified atom stereocenters. The van der Waals surface area contributed by atoms with Crippen molar-refractivity contribution in [3.05, 3.63) is 64.9 Å². The third-order valence-corrected chi connectivity index (χ3v) is 4.68. The maximum absolute atomic E-state index is 6.41. The lowest BCUT2D eigenvalue weighted by Crippen LogP contribution is -2.18. The first-order chi connectivity index (χ1) is 10.7. The summed E-state index contributed by atoms with van der Waals surface area (Å²) in [5.41, 5.74) is 0. The van der Waals surface area contributed by atoms with Crippen molar-refractivity contribution >= 4 is 22.1 Å². The molecule has 1 heterocycles. The number of ether oxygens (including phenoxy) is 1. The highest BCUT2D eigenvalue weighted by molar-refractivity contribution is 7.10. The second kappa shape index (κ2) is 6.95. The van der Waals surface area contributed by atoms with E-state index >= 15 is 0 Å². The SMILES string of the molecule is CN(C)CC[C@@H](Oc1cccc2ccccc12)c1cccs1. The van der Waals surface area contributed by atoms with Crippen molar-refractivity contribution in [3.8, 4) is 5.75 Å². The van der Waals surface area contributed by atoms with E-state index in [0.29, 0.717) is 0 Å². The number of fused-ring (bicyclic) bond motifs is 1. The maximum atomic E-state index is 6.41. The normalized spacial score (nSPS) is 12.7. The lowest BCUT2D eigenvalue weighted by atomic mass is 10.1. The Bertz CT molecular complexity index is 716. The fraction of sp³-hybridized carbons (Fsp3) is 0.263. The molecular weight excluding hydrogens is 290 g/mol. The Kier molecular flexibility index (Phi) is 4.76. The van der Waals surface area contributed by atoms with Crippen molar-refractivity contribution in [2.75, 3.05) is 20.6 Å². The molecule has 2 aromatic carbocycles. The smallest absolute Gasteiger partial charge is 0.134 e. The maximum Gasteiger partial charge on any atom is 0.134 e. The molecule has 0 spiro atoms. The van der Waals surface area contributed by atoms with Crippen LogP contribution >= 0.6 is 11.3 Å². The van der Waals surface area contributed by atoms with Gasteiger partial charge in [0.1, 0.15) is 11.9 Å². The number of nitrogens with zero attached hydrogens (tertiary/aromatic N) is 1. The molecule has 0 aliphatic heterocycles. The quantitative estimate of drug-likeness (QED) is 0.637. The molecule has 0 amide bonds. The molecule has 2 nitrogen and oxygen atoms in total. The summed E-state index contributed by atoms with van der Waals surface area (Å²) in [5, 5.41) is 4.51. The number of hydrogen-bond acceptors (Lipinski definition) is 3. The van der Waals surface area contributed by atoms with E-state index in [0.717, 1.165) is 18.7 Å². The van der Waals surface area contributed by atoms with E-state index in [1.54, 1.807) is 11.3 Å². The van der Waals surface area contributed by atoms with E-state index in [1.165, 1.54) is 15.6 Å². The van der Waals surface area contributed by atoms with E-state index in [9.17, 15) is 0 Å². The lowest BCUT2D eigenvalue weighted by molar-refractivity contribution is 0.185. The predicted molar refractivity (Wildman–Crippen MR) is 94.8 cm³/mol. The van der Waals surface area contributed by atoms with Crippen LogP contribution in [-0.4, -0.2) is 25.5 Å². The van der Waals surface area contributed by atoms with Crippen molar-refractivity contribution in [2.45, 2.75) is 12.5 Å². The molecular formula is C19H21NOS. The first-order valence-corrected chi connectivity index (χ1v) is 8.44.